The first kappa shape index (κ1) is 21.7. The molecule has 29 heavy (non-hydrogen) atoms. The van der Waals surface area contributed by atoms with Crippen LogP contribution in [0.5, 0.6) is 5.75 Å². The van der Waals surface area contributed by atoms with Gasteiger partial charge in [-0.2, -0.15) is 0 Å². The van der Waals surface area contributed by atoms with Crippen LogP contribution in [-0.2, 0) is 16.1 Å². The molecule has 0 unspecified atom stereocenters. The number of amides is 3. The van der Waals surface area contributed by atoms with Crippen molar-refractivity contribution in [1.82, 2.24) is 10.6 Å². The van der Waals surface area contributed by atoms with Crippen LogP contribution in [0.1, 0.15) is 36.7 Å². The van der Waals surface area contributed by atoms with Gasteiger partial charge in [-0.05, 0) is 56.7 Å². The van der Waals surface area contributed by atoms with Crippen LogP contribution in [-0.4, -0.2) is 35.2 Å². The second-order valence-electron chi connectivity index (χ2n) is 7.33. The van der Waals surface area contributed by atoms with E-state index in [1.165, 1.54) is 12.1 Å². The highest BCUT2D eigenvalue weighted by molar-refractivity contribution is 6.04. The van der Waals surface area contributed by atoms with Crippen molar-refractivity contribution in [3.63, 3.8) is 0 Å². The summed E-state index contributed by atoms with van der Waals surface area (Å²) in [5, 5.41) is 17.2. The number of nitrogens with one attached hydrogen (secondary N) is 3. The quantitative estimate of drug-likeness (QED) is 0.596. The summed E-state index contributed by atoms with van der Waals surface area (Å²) in [4.78, 5) is 35.5. The van der Waals surface area contributed by atoms with Crippen LogP contribution in [0, 0.1) is 0 Å². The predicted molar refractivity (Wildman–Crippen MR) is 109 cm³/mol. The Hall–Kier alpha value is -3.55. The number of hydrogen-bond acceptors (Lipinski definition) is 5. The number of rotatable bonds is 6. The summed E-state index contributed by atoms with van der Waals surface area (Å²) in [6, 6.07) is 13.0. The van der Waals surface area contributed by atoms with Gasteiger partial charge in [0, 0.05) is 17.8 Å². The van der Waals surface area contributed by atoms with Gasteiger partial charge in [0.15, 0.2) is 0 Å². The molecule has 2 aromatic carbocycles. The molecule has 0 radical (unpaired) electrons. The van der Waals surface area contributed by atoms with Crippen LogP contribution in [0.2, 0.25) is 0 Å². The fourth-order valence-electron chi connectivity index (χ4n) is 2.29. The Morgan fingerprint density at radius 1 is 1.00 bits per heavy atom. The van der Waals surface area contributed by atoms with Crippen molar-refractivity contribution in [2.24, 2.45) is 0 Å². The molecule has 0 bridgehead atoms. The largest absolute Gasteiger partial charge is 0.508 e. The Bertz CT molecular complexity index is 873. The van der Waals surface area contributed by atoms with Gasteiger partial charge in [0.2, 0.25) is 5.91 Å². The highest BCUT2D eigenvalue weighted by Gasteiger charge is 2.16. The number of carbonyl (C=O) groups is 3. The third-order valence-corrected chi connectivity index (χ3v) is 3.60. The first-order valence-corrected chi connectivity index (χ1v) is 9.05. The zero-order valence-electron chi connectivity index (χ0n) is 16.6. The molecule has 0 saturated heterocycles. The molecule has 0 atom stereocenters. The molecule has 0 aliphatic carbocycles. The smallest absolute Gasteiger partial charge is 0.408 e. The SMILES string of the molecule is CC(C)(C)OC(=O)NCC(=O)NCc1ccc(NC(=O)c2cccc(O)c2)cc1. The summed E-state index contributed by atoms with van der Waals surface area (Å²) >= 11 is 0. The third kappa shape index (κ3) is 7.92. The van der Waals surface area contributed by atoms with Gasteiger partial charge in [-0.15, -0.1) is 0 Å². The average Bonchev–Trinajstić information content (AvgIpc) is 2.64. The van der Waals surface area contributed by atoms with Gasteiger partial charge in [-0.3, -0.25) is 9.59 Å². The summed E-state index contributed by atoms with van der Waals surface area (Å²) in [5.74, 6) is -0.669. The molecule has 0 aromatic heterocycles. The number of phenolic OH excluding ortho intramolecular Hbond substituents is 1. The highest BCUT2D eigenvalue weighted by Crippen LogP contribution is 2.14. The molecule has 8 heteroatoms. The van der Waals surface area contributed by atoms with E-state index in [0.717, 1.165) is 5.56 Å². The lowest BCUT2D eigenvalue weighted by Crippen LogP contribution is -2.39. The maximum absolute atomic E-state index is 12.2. The molecule has 3 amide bonds. The fourth-order valence-corrected chi connectivity index (χ4v) is 2.29. The lowest BCUT2D eigenvalue weighted by atomic mass is 10.1. The van der Waals surface area contributed by atoms with Crippen molar-refractivity contribution in [2.75, 3.05) is 11.9 Å². The van der Waals surface area contributed by atoms with Gasteiger partial charge in [0.05, 0.1) is 0 Å². The Kier molecular flexibility index (Phi) is 7.19. The number of benzene rings is 2. The van der Waals surface area contributed by atoms with E-state index >= 15 is 0 Å². The van der Waals surface area contributed by atoms with Crippen LogP contribution in [0.4, 0.5) is 10.5 Å². The first-order chi connectivity index (χ1) is 13.6. The number of hydrogen-bond donors (Lipinski definition) is 4. The Morgan fingerprint density at radius 2 is 1.69 bits per heavy atom. The third-order valence-electron chi connectivity index (χ3n) is 3.60. The molecule has 0 heterocycles. The first-order valence-electron chi connectivity index (χ1n) is 9.05. The maximum Gasteiger partial charge on any atom is 0.408 e. The number of phenols is 1. The molecule has 0 aliphatic heterocycles. The Morgan fingerprint density at radius 3 is 2.31 bits per heavy atom. The molecule has 0 spiro atoms. The molecule has 2 rings (SSSR count). The van der Waals surface area contributed by atoms with Gasteiger partial charge < -0.3 is 25.8 Å². The molecule has 0 fully saturated rings. The van der Waals surface area contributed by atoms with Crippen LogP contribution in [0.3, 0.4) is 0 Å². The zero-order valence-corrected chi connectivity index (χ0v) is 16.6. The van der Waals surface area contributed by atoms with Crippen molar-refractivity contribution in [1.29, 1.82) is 0 Å². The van der Waals surface area contributed by atoms with Crippen LogP contribution in [0.25, 0.3) is 0 Å². The number of ether oxygens (including phenoxy) is 1. The van der Waals surface area contributed by atoms with E-state index in [4.69, 9.17) is 4.74 Å². The van der Waals surface area contributed by atoms with Gasteiger partial charge >= 0.3 is 6.09 Å². The minimum Gasteiger partial charge on any atom is -0.508 e. The van der Waals surface area contributed by atoms with E-state index in [0.29, 0.717) is 11.3 Å². The normalized spacial score (nSPS) is 10.7. The van der Waals surface area contributed by atoms with Crippen molar-refractivity contribution in [2.45, 2.75) is 32.9 Å². The van der Waals surface area contributed by atoms with E-state index in [-0.39, 0.29) is 30.7 Å². The minimum absolute atomic E-state index is 0.0184. The van der Waals surface area contributed by atoms with E-state index in [1.54, 1.807) is 57.2 Å². The molecule has 0 saturated carbocycles. The van der Waals surface area contributed by atoms with E-state index < -0.39 is 11.7 Å². The van der Waals surface area contributed by atoms with Crippen LogP contribution < -0.4 is 16.0 Å². The summed E-state index contributed by atoms with van der Waals surface area (Å²) < 4.78 is 5.06. The molecule has 154 valence electrons. The molecule has 2 aromatic rings. The van der Waals surface area contributed by atoms with Crippen LogP contribution >= 0.6 is 0 Å². The zero-order chi connectivity index (χ0) is 21.4. The van der Waals surface area contributed by atoms with E-state index in [1.807, 2.05) is 0 Å². The van der Waals surface area contributed by atoms with Gasteiger partial charge in [-0.25, -0.2) is 4.79 Å². The lowest BCUT2D eigenvalue weighted by molar-refractivity contribution is -0.120. The molecule has 4 N–H and O–H groups in total. The summed E-state index contributed by atoms with van der Waals surface area (Å²) in [6.45, 7) is 5.30. The number of aromatic hydroxyl groups is 1. The van der Waals surface area contributed by atoms with Gasteiger partial charge in [-0.1, -0.05) is 18.2 Å². The average molecular weight is 399 g/mol. The van der Waals surface area contributed by atoms with Crippen molar-refractivity contribution in [3.8, 4) is 5.75 Å². The number of carbonyl (C=O) groups excluding carboxylic acids is 3. The minimum atomic E-state index is -0.653. The number of anilines is 1. The lowest BCUT2D eigenvalue weighted by Gasteiger charge is -2.19. The topological polar surface area (TPSA) is 117 Å². The maximum atomic E-state index is 12.2. The second-order valence-corrected chi connectivity index (χ2v) is 7.33. The summed E-state index contributed by atoms with van der Waals surface area (Å²) in [5.41, 5.74) is 1.13. The van der Waals surface area contributed by atoms with Crippen molar-refractivity contribution in [3.05, 3.63) is 59.7 Å². The fraction of sp³-hybridized carbons (Fsp3) is 0.286. The van der Waals surface area contributed by atoms with Crippen molar-refractivity contribution < 1.29 is 24.2 Å². The monoisotopic (exact) mass is 399 g/mol. The summed E-state index contributed by atoms with van der Waals surface area (Å²) in [7, 11) is 0. The number of alkyl carbamates (subject to hydrolysis) is 1. The molecule has 8 nitrogen and oxygen atoms in total. The Labute approximate surface area is 169 Å². The molecular weight excluding hydrogens is 374 g/mol. The Balaban J connectivity index is 1.78. The molecule has 0 aliphatic rings. The standard InChI is InChI=1S/C21H25N3O5/c1-21(2,3)29-20(28)23-13-18(26)22-12-14-7-9-16(10-8-14)24-19(27)15-5-4-6-17(25)11-15/h4-11,25H,12-13H2,1-3H3,(H,22,26)(H,23,28)(H,24,27). The van der Waals surface area contributed by atoms with Gasteiger partial charge in [0.25, 0.3) is 5.91 Å². The van der Waals surface area contributed by atoms with E-state index in [9.17, 15) is 19.5 Å². The van der Waals surface area contributed by atoms with Crippen molar-refractivity contribution >= 4 is 23.6 Å². The molecular formula is C21H25N3O5. The van der Waals surface area contributed by atoms with Crippen LogP contribution in [0.15, 0.2) is 48.5 Å². The second kappa shape index (κ2) is 9.59. The predicted octanol–water partition coefficient (Wildman–Crippen LogP) is 2.79. The highest BCUT2D eigenvalue weighted by atomic mass is 16.6. The van der Waals surface area contributed by atoms with Gasteiger partial charge in [0.1, 0.15) is 17.9 Å². The summed E-state index contributed by atoms with van der Waals surface area (Å²) in [6.07, 6.45) is -0.653. The van der Waals surface area contributed by atoms with E-state index in [2.05, 4.69) is 16.0 Å².